The van der Waals surface area contributed by atoms with E-state index in [-0.39, 0.29) is 5.75 Å². The van der Waals surface area contributed by atoms with Gasteiger partial charge in [0.25, 0.3) is 5.91 Å². The van der Waals surface area contributed by atoms with E-state index in [1.54, 1.807) is 0 Å². The van der Waals surface area contributed by atoms with Crippen LogP contribution in [0.3, 0.4) is 0 Å². The van der Waals surface area contributed by atoms with Gasteiger partial charge in [0.1, 0.15) is 18.1 Å². The summed E-state index contributed by atoms with van der Waals surface area (Å²) in [6.07, 6.45) is -4.57. The maximum Gasteiger partial charge on any atom is 0.406 e. The quantitative estimate of drug-likeness (QED) is 0.811. The van der Waals surface area contributed by atoms with Crippen LogP contribution in [0.15, 0.2) is 24.3 Å². The Bertz CT molecular complexity index is 451. The number of nitrogens with zero attached hydrogens (tertiary/aromatic N) is 1. The molecular formula is C12H13F4NO3. The monoisotopic (exact) mass is 295 g/mol. The smallest absolute Gasteiger partial charge is 0.406 e. The van der Waals surface area contributed by atoms with Gasteiger partial charge in [0, 0.05) is 12.6 Å². The number of carbonyl (C=O) groups excluding carboxylic acids is 1. The normalized spacial score (nSPS) is 11.2. The molecule has 0 aliphatic heterocycles. The van der Waals surface area contributed by atoms with E-state index in [0.29, 0.717) is 4.90 Å². The molecule has 0 atom stereocenters. The highest BCUT2D eigenvalue weighted by molar-refractivity contribution is 5.77. The maximum absolute atomic E-state index is 12.8. The van der Waals surface area contributed by atoms with E-state index in [4.69, 9.17) is 9.84 Å². The van der Waals surface area contributed by atoms with Crippen molar-refractivity contribution in [3.05, 3.63) is 30.1 Å². The highest BCUT2D eigenvalue weighted by Crippen LogP contribution is 2.17. The Morgan fingerprint density at radius 2 is 2.05 bits per heavy atom. The van der Waals surface area contributed by atoms with Crippen LogP contribution < -0.4 is 4.74 Å². The Labute approximate surface area is 112 Å². The molecule has 0 heterocycles. The molecular weight excluding hydrogens is 282 g/mol. The van der Waals surface area contributed by atoms with Crippen LogP contribution in [0.1, 0.15) is 0 Å². The van der Waals surface area contributed by atoms with Gasteiger partial charge in [0.05, 0.1) is 6.61 Å². The zero-order chi connectivity index (χ0) is 15.2. The molecule has 0 spiro atoms. The van der Waals surface area contributed by atoms with Gasteiger partial charge in [-0.3, -0.25) is 4.79 Å². The first-order valence-corrected chi connectivity index (χ1v) is 5.65. The Hall–Kier alpha value is -1.83. The summed E-state index contributed by atoms with van der Waals surface area (Å²) < 4.78 is 54.5. The van der Waals surface area contributed by atoms with Crippen LogP contribution in [0.2, 0.25) is 0 Å². The highest BCUT2D eigenvalue weighted by Gasteiger charge is 2.32. The number of hydrogen-bond acceptors (Lipinski definition) is 3. The van der Waals surface area contributed by atoms with E-state index in [9.17, 15) is 22.4 Å². The summed E-state index contributed by atoms with van der Waals surface area (Å²) in [5.41, 5.74) is 0. The lowest BCUT2D eigenvalue weighted by atomic mass is 10.3. The molecule has 0 fully saturated rings. The van der Waals surface area contributed by atoms with Crippen molar-refractivity contribution in [3.63, 3.8) is 0 Å². The molecule has 8 heteroatoms. The van der Waals surface area contributed by atoms with Gasteiger partial charge in [-0.2, -0.15) is 13.2 Å². The molecule has 20 heavy (non-hydrogen) atoms. The van der Waals surface area contributed by atoms with Gasteiger partial charge >= 0.3 is 6.18 Å². The topological polar surface area (TPSA) is 49.8 Å². The van der Waals surface area contributed by atoms with Crippen LogP contribution in [0.5, 0.6) is 5.75 Å². The Balaban J connectivity index is 2.58. The van der Waals surface area contributed by atoms with E-state index in [1.165, 1.54) is 12.1 Å². The maximum atomic E-state index is 12.8. The molecule has 0 bridgehead atoms. The Kier molecular flexibility index (Phi) is 5.75. The third-order valence-corrected chi connectivity index (χ3v) is 2.25. The van der Waals surface area contributed by atoms with Gasteiger partial charge in [0.2, 0.25) is 0 Å². The average Bonchev–Trinajstić information content (AvgIpc) is 2.34. The van der Waals surface area contributed by atoms with Crippen LogP contribution in [-0.4, -0.2) is 48.4 Å². The third kappa shape index (κ3) is 5.87. The van der Waals surface area contributed by atoms with Crippen molar-refractivity contribution >= 4 is 5.91 Å². The van der Waals surface area contributed by atoms with Gasteiger partial charge in [0.15, 0.2) is 6.61 Å². The minimum atomic E-state index is -4.57. The largest absolute Gasteiger partial charge is 0.484 e. The molecule has 0 saturated heterocycles. The van der Waals surface area contributed by atoms with E-state index < -0.39 is 44.2 Å². The number of rotatable bonds is 6. The summed E-state index contributed by atoms with van der Waals surface area (Å²) in [4.78, 5) is 12.0. The Morgan fingerprint density at radius 3 is 2.60 bits per heavy atom. The number of amides is 1. The lowest BCUT2D eigenvalue weighted by Crippen LogP contribution is -2.42. The van der Waals surface area contributed by atoms with E-state index in [1.807, 2.05) is 0 Å². The number of benzene rings is 1. The molecule has 1 rings (SSSR count). The van der Waals surface area contributed by atoms with Crippen LogP contribution in [-0.2, 0) is 4.79 Å². The highest BCUT2D eigenvalue weighted by atomic mass is 19.4. The van der Waals surface area contributed by atoms with Crippen molar-refractivity contribution in [1.29, 1.82) is 0 Å². The lowest BCUT2D eigenvalue weighted by molar-refractivity contribution is -0.163. The first kappa shape index (κ1) is 16.2. The van der Waals surface area contributed by atoms with E-state index in [2.05, 4.69) is 0 Å². The van der Waals surface area contributed by atoms with Gasteiger partial charge in [-0.15, -0.1) is 0 Å². The molecule has 0 saturated carbocycles. The number of alkyl halides is 3. The summed E-state index contributed by atoms with van der Waals surface area (Å²) in [5.74, 6) is -1.49. The van der Waals surface area contributed by atoms with Crippen molar-refractivity contribution < 1.29 is 32.2 Å². The van der Waals surface area contributed by atoms with Crippen LogP contribution in [0.4, 0.5) is 17.6 Å². The number of ether oxygens (including phenoxy) is 1. The molecule has 0 radical (unpaired) electrons. The fourth-order valence-electron chi connectivity index (χ4n) is 1.42. The second kappa shape index (κ2) is 7.09. The lowest BCUT2D eigenvalue weighted by Gasteiger charge is -2.23. The predicted octanol–water partition coefficient (Wildman–Crippen LogP) is 1.59. The number of aliphatic hydroxyl groups excluding tert-OH is 1. The number of carbonyl (C=O) groups is 1. The summed E-state index contributed by atoms with van der Waals surface area (Å²) in [6.45, 7) is -3.19. The number of halogens is 4. The first-order chi connectivity index (χ1) is 9.31. The van der Waals surface area contributed by atoms with Crippen molar-refractivity contribution in [2.24, 2.45) is 0 Å². The summed E-state index contributed by atoms with van der Waals surface area (Å²) in [6, 6.07) is 4.89. The fraction of sp³-hybridized carbons (Fsp3) is 0.417. The first-order valence-electron chi connectivity index (χ1n) is 5.65. The van der Waals surface area contributed by atoms with Crippen molar-refractivity contribution in [2.45, 2.75) is 6.18 Å². The molecule has 112 valence electrons. The minimum absolute atomic E-state index is 0.0364. The number of hydrogen-bond donors (Lipinski definition) is 1. The zero-order valence-corrected chi connectivity index (χ0v) is 10.4. The van der Waals surface area contributed by atoms with Crippen LogP contribution >= 0.6 is 0 Å². The van der Waals surface area contributed by atoms with E-state index >= 15 is 0 Å². The molecule has 4 nitrogen and oxygen atoms in total. The predicted molar refractivity (Wildman–Crippen MR) is 61.6 cm³/mol. The van der Waals surface area contributed by atoms with Gasteiger partial charge < -0.3 is 14.7 Å². The van der Waals surface area contributed by atoms with Crippen molar-refractivity contribution in [2.75, 3.05) is 26.3 Å². The van der Waals surface area contributed by atoms with E-state index in [0.717, 1.165) is 12.1 Å². The van der Waals surface area contributed by atoms with Gasteiger partial charge in [-0.25, -0.2) is 4.39 Å². The van der Waals surface area contributed by atoms with Crippen LogP contribution in [0.25, 0.3) is 0 Å². The average molecular weight is 295 g/mol. The molecule has 1 amide bonds. The number of aliphatic hydroxyl groups is 1. The fourth-order valence-corrected chi connectivity index (χ4v) is 1.42. The van der Waals surface area contributed by atoms with Gasteiger partial charge in [-0.05, 0) is 12.1 Å². The molecule has 1 aromatic carbocycles. The molecule has 1 N–H and O–H groups in total. The summed E-state index contributed by atoms with van der Waals surface area (Å²) in [7, 11) is 0. The summed E-state index contributed by atoms with van der Waals surface area (Å²) >= 11 is 0. The second-order valence-corrected chi connectivity index (χ2v) is 3.90. The second-order valence-electron chi connectivity index (χ2n) is 3.90. The third-order valence-electron chi connectivity index (χ3n) is 2.25. The van der Waals surface area contributed by atoms with Crippen molar-refractivity contribution in [3.8, 4) is 5.75 Å². The van der Waals surface area contributed by atoms with Crippen LogP contribution in [0, 0.1) is 5.82 Å². The molecule has 0 aromatic heterocycles. The SMILES string of the molecule is O=C(COc1cccc(F)c1)N(CCO)CC(F)(F)F. The summed E-state index contributed by atoms with van der Waals surface area (Å²) in [5, 5.41) is 8.65. The molecule has 0 aliphatic rings. The molecule has 0 aliphatic carbocycles. The molecule has 1 aromatic rings. The minimum Gasteiger partial charge on any atom is -0.484 e. The van der Waals surface area contributed by atoms with Gasteiger partial charge in [-0.1, -0.05) is 6.07 Å². The zero-order valence-electron chi connectivity index (χ0n) is 10.4. The van der Waals surface area contributed by atoms with Crippen molar-refractivity contribution in [1.82, 2.24) is 4.90 Å². The standard InChI is InChI=1S/C12H13F4NO3/c13-9-2-1-3-10(6-9)20-7-11(19)17(4-5-18)8-12(14,15)16/h1-3,6,18H,4-5,7-8H2. The Morgan fingerprint density at radius 1 is 1.35 bits per heavy atom. The molecule has 0 unspecified atom stereocenters.